The van der Waals surface area contributed by atoms with Gasteiger partial charge in [0.25, 0.3) is 0 Å². The van der Waals surface area contributed by atoms with E-state index in [1.54, 1.807) is 12.1 Å². The summed E-state index contributed by atoms with van der Waals surface area (Å²) in [5.74, 6) is -0.422. The maximum atomic E-state index is 13.2. The molecule has 1 aliphatic rings. The first kappa shape index (κ1) is 12.8. The van der Waals surface area contributed by atoms with Crippen LogP contribution in [0.25, 0.3) is 0 Å². The van der Waals surface area contributed by atoms with Gasteiger partial charge in [0, 0.05) is 26.1 Å². The van der Waals surface area contributed by atoms with Crippen molar-refractivity contribution in [1.29, 1.82) is 0 Å². The Morgan fingerprint density at radius 1 is 1.53 bits per heavy atom. The lowest BCUT2D eigenvalue weighted by Gasteiger charge is -2.20. The van der Waals surface area contributed by atoms with E-state index in [9.17, 15) is 9.50 Å². The van der Waals surface area contributed by atoms with Crippen LogP contribution in [0, 0.1) is 5.82 Å². The monoisotopic (exact) mass is 259 g/mol. The highest BCUT2D eigenvalue weighted by Gasteiger charge is 2.31. The SMILES string of the molecule is OC1(CNCc2cccc(F)c2Cl)CCOC1. The topological polar surface area (TPSA) is 41.5 Å². The number of benzene rings is 1. The minimum atomic E-state index is -0.806. The molecular formula is C12H15ClFNO2. The van der Waals surface area contributed by atoms with Gasteiger partial charge in [0.15, 0.2) is 0 Å². The van der Waals surface area contributed by atoms with Gasteiger partial charge in [0.2, 0.25) is 0 Å². The molecule has 17 heavy (non-hydrogen) atoms. The van der Waals surface area contributed by atoms with Crippen LogP contribution in [-0.2, 0) is 11.3 Å². The van der Waals surface area contributed by atoms with Crippen molar-refractivity contribution in [3.8, 4) is 0 Å². The molecular weight excluding hydrogens is 245 g/mol. The molecule has 0 radical (unpaired) electrons. The van der Waals surface area contributed by atoms with E-state index in [2.05, 4.69) is 5.32 Å². The second kappa shape index (κ2) is 5.31. The molecule has 1 heterocycles. The van der Waals surface area contributed by atoms with Crippen LogP contribution in [0.2, 0.25) is 5.02 Å². The molecule has 1 aliphatic heterocycles. The highest BCUT2D eigenvalue weighted by atomic mass is 35.5. The Balaban J connectivity index is 1.88. The first-order valence-electron chi connectivity index (χ1n) is 5.54. The van der Waals surface area contributed by atoms with Gasteiger partial charge < -0.3 is 15.2 Å². The highest BCUT2D eigenvalue weighted by Crippen LogP contribution is 2.20. The van der Waals surface area contributed by atoms with E-state index in [1.807, 2.05) is 0 Å². The molecule has 3 nitrogen and oxygen atoms in total. The molecule has 1 aromatic rings. The van der Waals surface area contributed by atoms with Crippen LogP contribution in [0.5, 0.6) is 0 Å². The molecule has 1 aromatic carbocycles. The second-order valence-electron chi connectivity index (χ2n) is 4.34. The van der Waals surface area contributed by atoms with E-state index in [0.29, 0.717) is 38.3 Å². The van der Waals surface area contributed by atoms with Gasteiger partial charge in [0.1, 0.15) is 11.4 Å². The number of halogens is 2. The number of ether oxygens (including phenoxy) is 1. The zero-order valence-electron chi connectivity index (χ0n) is 9.38. The van der Waals surface area contributed by atoms with Crippen molar-refractivity contribution in [2.24, 2.45) is 0 Å². The third-order valence-corrected chi connectivity index (χ3v) is 3.31. The summed E-state index contributed by atoms with van der Waals surface area (Å²) in [4.78, 5) is 0. The van der Waals surface area contributed by atoms with E-state index < -0.39 is 11.4 Å². The van der Waals surface area contributed by atoms with Crippen LogP contribution < -0.4 is 5.32 Å². The Morgan fingerprint density at radius 2 is 2.35 bits per heavy atom. The van der Waals surface area contributed by atoms with Gasteiger partial charge in [-0.05, 0) is 11.6 Å². The fourth-order valence-electron chi connectivity index (χ4n) is 1.85. The summed E-state index contributed by atoms with van der Waals surface area (Å²) < 4.78 is 18.3. The second-order valence-corrected chi connectivity index (χ2v) is 4.72. The number of hydrogen-bond donors (Lipinski definition) is 2. The Hall–Kier alpha value is -0.680. The minimum absolute atomic E-state index is 0.134. The molecule has 0 bridgehead atoms. The standard InChI is InChI=1S/C12H15ClFNO2/c13-11-9(2-1-3-10(11)14)6-15-7-12(16)4-5-17-8-12/h1-3,15-16H,4-8H2. The van der Waals surface area contributed by atoms with Gasteiger partial charge in [-0.2, -0.15) is 0 Å². The Labute approximate surface area is 105 Å². The summed E-state index contributed by atoms with van der Waals surface area (Å²) in [6, 6.07) is 4.70. The maximum absolute atomic E-state index is 13.2. The lowest BCUT2D eigenvalue weighted by atomic mass is 10.0. The summed E-state index contributed by atoms with van der Waals surface area (Å²) in [6.45, 7) is 1.77. The molecule has 2 rings (SSSR count). The quantitative estimate of drug-likeness (QED) is 0.865. The van der Waals surface area contributed by atoms with Crippen LogP contribution in [0.1, 0.15) is 12.0 Å². The molecule has 0 aliphatic carbocycles. The van der Waals surface area contributed by atoms with Gasteiger partial charge in [-0.15, -0.1) is 0 Å². The Kier molecular flexibility index (Phi) is 3.99. The van der Waals surface area contributed by atoms with Crippen molar-refractivity contribution in [2.45, 2.75) is 18.6 Å². The number of nitrogens with one attached hydrogen (secondary N) is 1. The van der Waals surface area contributed by atoms with E-state index in [-0.39, 0.29) is 5.02 Å². The van der Waals surface area contributed by atoms with Crippen molar-refractivity contribution in [1.82, 2.24) is 5.32 Å². The van der Waals surface area contributed by atoms with Crippen LogP contribution >= 0.6 is 11.6 Å². The zero-order chi connectivity index (χ0) is 12.3. The van der Waals surface area contributed by atoms with E-state index in [0.717, 1.165) is 0 Å². The Bertz CT molecular complexity index is 394. The van der Waals surface area contributed by atoms with Gasteiger partial charge >= 0.3 is 0 Å². The van der Waals surface area contributed by atoms with Gasteiger partial charge in [-0.1, -0.05) is 23.7 Å². The molecule has 0 amide bonds. The maximum Gasteiger partial charge on any atom is 0.142 e. The lowest BCUT2D eigenvalue weighted by molar-refractivity contribution is 0.0268. The van der Waals surface area contributed by atoms with Crippen molar-refractivity contribution >= 4 is 11.6 Å². The van der Waals surface area contributed by atoms with Crippen LogP contribution in [0.3, 0.4) is 0 Å². The molecule has 1 unspecified atom stereocenters. The smallest absolute Gasteiger partial charge is 0.142 e. The predicted molar refractivity (Wildman–Crippen MR) is 63.5 cm³/mol. The van der Waals surface area contributed by atoms with Crippen molar-refractivity contribution < 1.29 is 14.2 Å². The van der Waals surface area contributed by atoms with E-state index in [4.69, 9.17) is 16.3 Å². The molecule has 0 saturated carbocycles. The average molecular weight is 260 g/mol. The third-order valence-electron chi connectivity index (χ3n) is 2.88. The first-order valence-corrected chi connectivity index (χ1v) is 5.92. The van der Waals surface area contributed by atoms with E-state index >= 15 is 0 Å². The summed E-state index contributed by atoms with van der Waals surface area (Å²) in [7, 11) is 0. The fourth-order valence-corrected chi connectivity index (χ4v) is 2.04. The van der Waals surface area contributed by atoms with Crippen LogP contribution in [-0.4, -0.2) is 30.5 Å². The van der Waals surface area contributed by atoms with Crippen molar-refractivity contribution in [2.75, 3.05) is 19.8 Å². The normalized spacial score (nSPS) is 24.2. The molecule has 2 N–H and O–H groups in total. The summed E-state index contributed by atoms with van der Waals surface area (Å²) in [5.41, 5.74) is -0.117. The van der Waals surface area contributed by atoms with E-state index in [1.165, 1.54) is 6.07 Å². The van der Waals surface area contributed by atoms with Gasteiger partial charge in [-0.25, -0.2) is 4.39 Å². The van der Waals surface area contributed by atoms with Crippen molar-refractivity contribution in [3.63, 3.8) is 0 Å². The summed E-state index contributed by atoms with van der Waals surface area (Å²) in [5, 5.41) is 13.2. The molecule has 94 valence electrons. The number of aliphatic hydroxyl groups is 1. The molecule has 1 saturated heterocycles. The summed E-state index contributed by atoms with van der Waals surface area (Å²) >= 11 is 5.82. The largest absolute Gasteiger partial charge is 0.386 e. The number of hydrogen-bond acceptors (Lipinski definition) is 3. The molecule has 0 spiro atoms. The van der Waals surface area contributed by atoms with Crippen LogP contribution in [0.15, 0.2) is 18.2 Å². The highest BCUT2D eigenvalue weighted by molar-refractivity contribution is 6.31. The molecule has 5 heteroatoms. The average Bonchev–Trinajstić information content (AvgIpc) is 2.72. The predicted octanol–water partition coefficient (Wildman–Crippen LogP) is 1.72. The molecule has 0 aromatic heterocycles. The van der Waals surface area contributed by atoms with Gasteiger partial charge in [0.05, 0.1) is 11.6 Å². The number of rotatable bonds is 4. The molecule has 1 fully saturated rings. The zero-order valence-corrected chi connectivity index (χ0v) is 10.1. The van der Waals surface area contributed by atoms with Crippen molar-refractivity contribution in [3.05, 3.63) is 34.6 Å². The van der Waals surface area contributed by atoms with Crippen LogP contribution in [0.4, 0.5) is 4.39 Å². The van der Waals surface area contributed by atoms with Gasteiger partial charge in [-0.3, -0.25) is 0 Å². The molecule has 1 atom stereocenters. The summed E-state index contributed by atoms with van der Waals surface area (Å²) in [6.07, 6.45) is 0.622. The Morgan fingerprint density at radius 3 is 3.06 bits per heavy atom. The minimum Gasteiger partial charge on any atom is -0.386 e. The fraction of sp³-hybridized carbons (Fsp3) is 0.500. The first-order chi connectivity index (χ1) is 8.11. The third kappa shape index (κ3) is 3.16. The lowest BCUT2D eigenvalue weighted by Crippen LogP contribution is -2.40.